The summed E-state index contributed by atoms with van der Waals surface area (Å²) in [6.45, 7) is 22.9. The van der Waals surface area contributed by atoms with Gasteiger partial charge in [0.2, 0.25) is 0 Å². The second-order valence-corrected chi connectivity index (χ2v) is 20.5. The second-order valence-electron chi connectivity index (χ2n) is 11.0. The number of ketones is 1. The van der Waals surface area contributed by atoms with Crippen molar-refractivity contribution in [3.63, 3.8) is 0 Å². The lowest BCUT2D eigenvalue weighted by molar-refractivity contribution is -0.115. The molecule has 0 heterocycles. The molecule has 0 aromatic heterocycles. The number of hydrogen-bond donors (Lipinski definition) is 0. The normalized spacial score (nSPS) is 28.3. The minimum atomic E-state index is -1.92. The van der Waals surface area contributed by atoms with Crippen molar-refractivity contribution in [3.05, 3.63) is 11.6 Å². The van der Waals surface area contributed by atoms with Crippen molar-refractivity contribution in [2.24, 2.45) is 5.92 Å². The highest BCUT2D eigenvalue weighted by Crippen LogP contribution is 2.48. The van der Waals surface area contributed by atoms with Gasteiger partial charge in [-0.15, -0.1) is 0 Å². The van der Waals surface area contributed by atoms with E-state index in [1.165, 1.54) is 5.57 Å². The summed E-state index contributed by atoms with van der Waals surface area (Å²) in [7, 11) is -3.79. The molecule has 0 N–H and O–H groups in total. The van der Waals surface area contributed by atoms with Crippen LogP contribution in [0.4, 0.5) is 0 Å². The number of fused-ring (bicyclic) bond motifs is 1. The Morgan fingerprint density at radius 2 is 1.36 bits per heavy atom. The third-order valence-corrected chi connectivity index (χ3v) is 15.9. The Hall–Kier alpha value is -0.236. The number of rotatable bonds is 4. The van der Waals surface area contributed by atoms with Gasteiger partial charge in [-0.2, -0.15) is 0 Å². The molecular weight excluding hydrogens is 344 g/mol. The first-order chi connectivity index (χ1) is 11.1. The van der Waals surface area contributed by atoms with E-state index >= 15 is 0 Å². The molecule has 1 fully saturated rings. The van der Waals surface area contributed by atoms with Crippen molar-refractivity contribution >= 4 is 22.4 Å². The van der Waals surface area contributed by atoms with Crippen LogP contribution in [0.25, 0.3) is 0 Å². The molecule has 0 aliphatic heterocycles. The van der Waals surface area contributed by atoms with Crippen molar-refractivity contribution in [1.29, 1.82) is 0 Å². The van der Waals surface area contributed by atoms with Crippen LogP contribution < -0.4 is 0 Å². The molecule has 0 spiro atoms. The zero-order valence-corrected chi connectivity index (χ0v) is 19.9. The third kappa shape index (κ3) is 4.20. The SMILES string of the molecule is CC(C)(C)[Si](C)(C)O[C@@H]1[C@@H](O[Si](C)(C)C(C)(C)C)CC2=CC(=O)C[C@H]21. The fourth-order valence-electron chi connectivity index (χ4n) is 3.20. The highest BCUT2D eigenvalue weighted by Gasteiger charge is 2.52. The van der Waals surface area contributed by atoms with Crippen molar-refractivity contribution in [3.8, 4) is 0 Å². The van der Waals surface area contributed by atoms with Gasteiger partial charge in [-0.3, -0.25) is 4.79 Å². The Morgan fingerprint density at radius 1 is 0.880 bits per heavy atom. The zero-order valence-electron chi connectivity index (χ0n) is 17.9. The van der Waals surface area contributed by atoms with E-state index in [1.54, 1.807) is 0 Å². The summed E-state index contributed by atoms with van der Waals surface area (Å²) < 4.78 is 13.6. The quantitative estimate of drug-likeness (QED) is 0.586. The summed E-state index contributed by atoms with van der Waals surface area (Å²) in [5.74, 6) is 0.492. The summed E-state index contributed by atoms with van der Waals surface area (Å²) in [4.78, 5) is 12.0. The third-order valence-electron chi connectivity index (χ3n) is 6.93. The van der Waals surface area contributed by atoms with Crippen LogP contribution in [0, 0.1) is 5.92 Å². The summed E-state index contributed by atoms with van der Waals surface area (Å²) in [6, 6.07) is 0. The van der Waals surface area contributed by atoms with E-state index < -0.39 is 16.6 Å². The minimum Gasteiger partial charge on any atom is -0.411 e. The van der Waals surface area contributed by atoms with Crippen molar-refractivity contribution in [1.82, 2.24) is 0 Å². The van der Waals surface area contributed by atoms with E-state index in [9.17, 15) is 4.79 Å². The van der Waals surface area contributed by atoms with Gasteiger partial charge in [-0.25, -0.2) is 0 Å². The summed E-state index contributed by atoms with van der Waals surface area (Å²) in [5, 5.41) is 0.333. The Bertz CT molecular complexity index is 564. The molecule has 0 saturated heterocycles. The molecule has 0 unspecified atom stereocenters. The van der Waals surface area contributed by atoms with Crippen molar-refractivity contribution in [2.75, 3.05) is 0 Å². The topological polar surface area (TPSA) is 35.5 Å². The second kappa shape index (κ2) is 6.43. The van der Waals surface area contributed by atoms with Gasteiger partial charge in [0.25, 0.3) is 0 Å². The lowest BCUT2D eigenvalue weighted by Crippen LogP contribution is -2.51. The monoisotopic (exact) mass is 382 g/mol. The molecule has 2 rings (SSSR count). The van der Waals surface area contributed by atoms with Crippen LogP contribution in [-0.4, -0.2) is 34.6 Å². The van der Waals surface area contributed by atoms with E-state index in [-0.39, 0.29) is 34.0 Å². The molecule has 144 valence electrons. The van der Waals surface area contributed by atoms with Gasteiger partial charge < -0.3 is 8.85 Å². The van der Waals surface area contributed by atoms with Crippen LogP contribution in [0.5, 0.6) is 0 Å². The predicted molar refractivity (Wildman–Crippen MR) is 110 cm³/mol. The van der Waals surface area contributed by atoms with Crippen LogP contribution in [0.2, 0.25) is 36.3 Å². The van der Waals surface area contributed by atoms with Crippen LogP contribution in [-0.2, 0) is 13.6 Å². The predicted octanol–water partition coefficient (Wildman–Crippen LogP) is 5.69. The van der Waals surface area contributed by atoms with Gasteiger partial charge in [0.1, 0.15) is 0 Å². The molecule has 2 aliphatic rings. The molecule has 0 aromatic carbocycles. The molecule has 0 amide bonds. The summed E-state index contributed by atoms with van der Waals surface area (Å²) >= 11 is 0. The van der Waals surface area contributed by atoms with Crippen LogP contribution in [0.1, 0.15) is 54.4 Å². The van der Waals surface area contributed by atoms with Gasteiger partial charge in [-0.05, 0) is 48.8 Å². The highest BCUT2D eigenvalue weighted by atomic mass is 28.4. The zero-order chi connectivity index (χ0) is 19.4. The van der Waals surface area contributed by atoms with E-state index in [4.69, 9.17) is 8.85 Å². The van der Waals surface area contributed by atoms with Gasteiger partial charge in [0.15, 0.2) is 22.4 Å². The Morgan fingerprint density at radius 3 is 1.84 bits per heavy atom. The van der Waals surface area contributed by atoms with Gasteiger partial charge in [0.05, 0.1) is 12.2 Å². The first-order valence-electron chi connectivity index (χ1n) is 9.64. The molecule has 2 aliphatic carbocycles. The van der Waals surface area contributed by atoms with Crippen LogP contribution >= 0.6 is 0 Å². The highest BCUT2D eigenvalue weighted by molar-refractivity contribution is 6.74. The maximum Gasteiger partial charge on any atom is 0.192 e. The first kappa shape index (κ1) is 21.1. The maximum atomic E-state index is 12.0. The number of hydrogen-bond acceptors (Lipinski definition) is 3. The number of carbonyl (C=O) groups excluding carboxylic acids is 1. The van der Waals surface area contributed by atoms with E-state index in [0.29, 0.717) is 6.42 Å². The van der Waals surface area contributed by atoms with E-state index in [1.807, 2.05) is 6.08 Å². The Balaban J connectivity index is 2.29. The molecule has 1 saturated carbocycles. The van der Waals surface area contributed by atoms with Gasteiger partial charge >= 0.3 is 0 Å². The smallest absolute Gasteiger partial charge is 0.192 e. The van der Waals surface area contributed by atoms with E-state index in [2.05, 4.69) is 67.7 Å². The molecule has 0 radical (unpaired) electrons. The largest absolute Gasteiger partial charge is 0.411 e. The lowest BCUT2D eigenvalue weighted by Gasteiger charge is -2.44. The maximum absolute atomic E-state index is 12.0. The summed E-state index contributed by atoms with van der Waals surface area (Å²) in [5.41, 5.74) is 1.26. The number of carbonyl (C=O) groups is 1. The molecule has 0 aromatic rings. The molecule has 3 atom stereocenters. The molecule has 3 nitrogen and oxygen atoms in total. The Labute approximate surface area is 156 Å². The van der Waals surface area contributed by atoms with Gasteiger partial charge in [0, 0.05) is 12.3 Å². The standard InChI is InChI=1S/C20H38O3Si2/c1-19(2,3)24(7,8)22-17-12-14-11-15(21)13-16(14)18(17)23-25(9,10)20(4,5)6/h11,16-18H,12-13H2,1-10H3/t16-,17+,18+/m1/s1. The molecular formula is C20H38O3Si2. The summed E-state index contributed by atoms with van der Waals surface area (Å²) in [6.07, 6.45) is 3.46. The van der Waals surface area contributed by atoms with Gasteiger partial charge in [-0.1, -0.05) is 47.1 Å². The minimum absolute atomic E-state index is 0.0349. The van der Waals surface area contributed by atoms with Crippen molar-refractivity contribution in [2.45, 2.75) is 103 Å². The number of allylic oxidation sites excluding steroid dienone is 1. The van der Waals surface area contributed by atoms with Crippen molar-refractivity contribution < 1.29 is 13.6 Å². The molecule has 25 heavy (non-hydrogen) atoms. The van der Waals surface area contributed by atoms with Crippen LogP contribution in [0.15, 0.2) is 11.6 Å². The Kier molecular flexibility index (Phi) is 5.42. The average molecular weight is 383 g/mol. The fourth-order valence-corrected chi connectivity index (χ4v) is 5.88. The fraction of sp³-hybridized carbons (Fsp3) is 0.850. The lowest BCUT2D eigenvalue weighted by atomic mass is 10.0. The average Bonchev–Trinajstić information content (AvgIpc) is 2.84. The first-order valence-corrected chi connectivity index (χ1v) is 15.5. The van der Waals surface area contributed by atoms with Crippen LogP contribution in [0.3, 0.4) is 0 Å². The molecule has 0 bridgehead atoms. The molecule has 5 heteroatoms. The van der Waals surface area contributed by atoms with E-state index in [0.717, 1.165) is 6.42 Å².